The van der Waals surface area contributed by atoms with Crippen molar-refractivity contribution in [2.24, 2.45) is 0 Å². The Morgan fingerprint density at radius 1 is 0.257 bits per heavy atom. The van der Waals surface area contributed by atoms with E-state index in [0.29, 0.717) is 0 Å². The third-order valence-electron chi connectivity index (χ3n) is 15.5. The fourth-order valence-electron chi connectivity index (χ4n) is 12.2. The van der Waals surface area contributed by atoms with Gasteiger partial charge < -0.3 is 4.90 Å². The van der Waals surface area contributed by atoms with Crippen molar-refractivity contribution in [3.63, 3.8) is 0 Å². The molecule has 0 aromatic heterocycles. The first-order valence-corrected chi connectivity index (χ1v) is 25.7. The van der Waals surface area contributed by atoms with E-state index in [1.165, 1.54) is 105 Å². The van der Waals surface area contributed by atoms with Crippen molar-refractivity contribution in [3.05, 3.63) is 320 Å². The van der Waals surface area contributed by atoms with E-state index in [4.69, 9.17) is 0 Å². The third-order valence-corrected chi connectivity index (χ3v) is 15.5. The fraction of sp³-hybridized carbons (Fsp3) is 0.0137. The maximum Gasteiger partial charge on any atom is 0.0714 e. The van der Waals surface area contributed by atoms with E-state index in [0.717, 1.165) is 22.6 Å². The van der Waals surface area contributed by atoms with Crippen LogP contribution in [0.1, 0.15) is 22.3 Å². The van der Waals surface area contributed by atoms with E-state index < -0.39 is 5.41 Å². The first-order valence-electron chi connectivity index (χ1n) is 25.7. The molecule has 0 unspecified atom stereocenters. The van der Waals surface area contributed by atoms with Crippen molar-refractivity contribution in [2.45, 2.75) is 5.41 Å². The summed E-state index contributed by atoms with van der Waals surface area (Å²) < 4.78 is 0. The zero-order chi connectivity index (χ0) is 49.0. The highest BCUT2D eigenvalue weighted by molar-refractivity contribution is 6.23. The molecule has 0 spiro atoms. The predicted octanol–water partition coefficient (Wildman–Crippen LogP) is 19.6. The van der Waals surface area contributed by atoms with Gasteiger partial charge in [-0.25, -0.2) is 0 Å². The van der Waals surface area contributed by atoms with Gasteiger partial charge in [-0.15, -0.1) is 0 Å². The molecule has 0 heterocycles. The average molecular weight is 940 g/mol. The molecule has 1 nitrogen and oxygen atoms in total. The van der Waals surface area contributed by atoms with Crippen molar-refractivity contribution in [1.82, 2.24) is 0 Å². The summed E-state index contributed by atoms with van der Waals surface area (Å²) in [5.41, 5.74) is 19.8. The highest BCUT2D eigenvalue weighted by Crippen LogP contribution is 2.61. The number of anilines is 3. The normalized spacial score (nSPS) is 12.4. The number of hydrogen-bond donors (Lipinski definition) is 0. The molecule has 0 radical (unpaired) electrons. The molecule has 13 aromatic rings. The lowest BCUT2D eigenvalue weighted by Gasteiger charge is -2.35. The molecule has 0 atom stereocenters. The van der Waals surface area contributed by atoms with E-state index in [9.17, 15) is 0 Å². The maximum absolute atomic E-state index is 2.59. The van der Waals surface area contributed by atoms with Crippen LogP contribution in [0.4, 0.5) is 17.1 Å². The first kappa shape index (κ1) is 43.2. The summed E-state index contributed by atoms with van der Waals surface area (Å²) in [5, 5.41) is 7.28. The minimum atomic E-state index is -0.567. The lowest BCUT2D eigenvalue weighted by molar-refractivity contribution is 0.768. The van der Waals surface area contributed by atoms with Crippen molar-refractivity contribution in [2.75, 3.05) is 4.90 Å². The van der Waals surface area contributed by atoms with Crippen LogP contribution in [0.5, 0.6) is 0 Å². The molecular formula is C73H49N. The quantitative estimate of drug-likeness (QED) is 0.130. The summed E-state index contributed by atoms with van der Waals surface area (Å²) in [4.78, 5) is 2.59. The van der Waals surface area contributed by atoms with Gasteiger partial charge in [0.15, 0.2) is 0 Å². The molecule has 346 valence electrons. The minimum absolute atomic E-state index is 0.567. The summed E-state index contributed by atoms with van der Waals surface area (Å²) in [6.45, 7) is 0. The molecule has 0 aliphatic heterocycles. The predicted molar refractivity (Wildman–Crippen MR) is 313 cm³/mol. The highest BCUT2D eigenvalue weighted by Gasteiger charge is 2.47. The molecule has 0 saturated heterocycles. The zero-order valence-corrected chi connectivity index (χ0v) is 40.7. The summed E-state index contributed by atoms with van der Waals surface area (Å²) in [6.07, 6.45) is 0. The number of nitrogens with zero attached hydrogens (tertiary/aromatic N) is 1. The average Bonchev–Trinajstić information content (AvgIpc) is 3.81. The van der Waals surface area contributed by atoms with Gasteiger partial charge in [0.2, 0.25) is 0 Å². The molecular weight excluding hydrogens is 891 g/mol. The van der Waals surface area contributed by atoms with E-state index >= 15 is 0 Å². The summed E-state index contributed by atoms with van der Waals surface area (Å²) in [7, 11) is 0. The van der Waals surface area contributed by atoms with Gasteiger partial charge in [0.05, 0.1) is 16.8 Å². The molecule has 14 rings (SSSR count). The largest absolute Gasteiger partial charge is 0.309 e. The SMILES string of the molecule is c1ccc(-c2ccc(-c3ccc(-c4ccc(N(c5cccc6c5-c5ccccc5C6(c5ccccc5)c5ccccc5)c5c(-c6ccc7ccccc7c6)c6ccccc6c6ccccc56)cc4)cc3)cc2)cc1. The van der Waals surface area contributed by atoms with E-state index in [2.05, 4.69) is 302 Å². The second-order valence-corrected chi connectivity index (χ2v) is 19.5. The smallest absolute Gasteiger partial charge is 0.0714 e. The molecule has 0 saturated carbocycles. The molecule has 0 amide bonds. The molecule has 0 fully saturated rings. The van der Waals surface area contributed by atoms with Crippen LogP contribution in [0.3, 0.4) is 0 Å². The van der Waals surface area contributed by atoms with Crippen LogP contribution in [0.25, 0.3) is 88.0 Å². The van der Waals surface area contributed by atoms with Crippen LogP contribution in [-0.2, 0) is 5.41 Å². The Balaban J connectivity index is 1.01. The Bertz CT molecular complexity index is 4160. The first-order chi connectivity index (χ1) is 36.7. The number of rotatable bonds is 9. The van der Waals surface area contributed by atoms with Gasteiger partial charge >= 0.3 is 0 Å². The Labute approximate surface area is 432 Å². The van der Waals surface area contributed by atoms with Crippen LogP contribution >= 0.6 is 0 Å². The summed E-state index contributed by atoms with van der Waals surface area (Å²) in [5.74, 6) is 0. The lowest BCUT2D eigenvalue weighted by atomic mass is 9.68. The number of hydrogen-bond acceptors (Lipinski definition) is 1. The monoisotopic (exact) mass is 939 g/mol. The minimum Gasteiger partial charge on any atom is -0.309 e. The standard InChI is InChI=1S/C73H49N/c1-4-19-50(20-5-1)52-35-37-53(38-36-52)54-39-41-55(42-40-54)56-45-47-61(48-46-56)74(72-65-30-15-13-28-63(65)62-27-12-14-29-64(62)70(72)58-44-43-51-21-10-11-22-57(51)49-58)69-34-18-33-68-71(69)66-31-16-17-32-67(66)73(68,59-23-6-2-7-24-59)60-25-8-3-9-26-60/h1-49H. The van der Waals surface area contributed by atoms with Crippen molar-refractivity contribution < 1.29 is 0 Å². The Morgan fingerprint density at radius 2 is 0.689 bits per heavy atom. The molecule has 1 aliphatic rings. The van der Waals surface area contributed by atoms with Gasteiger partial charge in [-0.3, -0.25) is 0 Å². The van der Waals surface area contributed by atoms with Gasteiger partial charge in [-0.1, -0.05) is 273 Å². The molecule has 74 heavy (non-hydrogen) atoms. The van der Waals surface area contributed by atoms with Crippen molar-refractivity contribution in [1.29, 1.82) is 0 Å². The van der Waals surface area contributed by atoms with Gasteiger partial charge in [0.25, 0.3) is 0 Å². The highest BCUT2D eigenvalue weighted by atomic mass is 15.2. The topological polar surface area (TPSA) is 3.24 Å². The number of benzene rings is 13. The Hall–Kier alpha value is -9.56. The second-order valence-electron chi connectivity index (χ2n) is 19.5. The molecule has 1 heteroatoms. The van der Waals surface area contributed by atoms with Gasteiger partial charge in [-0.05, 0) is 118 Å². The maximum atomic E-state index is 2.59. The molecule has 1 aliphatic carbocycles. The Morgan fingerprint density at radius 3 is 1.30 bits per heavy atom. The van der Waals surface area contributed by atoms with E-state index in [1.807, 2.05) is 0 Å². The second kappa shape index (κ2) is 17.9. The van der Waals surface area contributed by atoms with Crippen LogP contribution in [0.15, 0.2) is 297 Å². The molecule has 0 bridgehead atoms. The Kier molecular flexibility index (Phi) is 10.5. The lowest BCUT2D eigenvalue weighted by Crippen LogP contribution is -2.28. The fourth-order valence-corrected chi connectivity index (χ4v) is 12.2. The number of fused-ring (bicyclic) bond motifs is 7. The van der Waals surface area contributed by atoms with Crippen LogP contribution < -0.4 is 4.90 Å². The van der Waals surface area contributed by atoms with Crippen LogP contribution in [0, 0.1) is 0 Å². The summed E-state index contributed by atoms with van der Waals surface area (Å²) >= 11 is 0. The van der Waals surface area contributed by atoms with Gasteiger partial charge in [0.1, 0.15) is 0 Å². The van der Waals surface area contributed by atoms with Crippen molar-refractivity contribution in [3.8, 4) is 55.6 Å². The van der Waals surface area contributed by atoms with E-state index in [-0.39, 0.29) is 0 Å². The van der Waals surface area contributed by atoms with Crippen LogP contribution in [-0.4, -0.2) is 0 Å². The van der Waals surface area contributed by atoms with Crippen LogP contribution in [0.2, 0.25) is 0 Å². The third kappa shape index (κ3) is 7.00. The zero-order valence-electron chi connectivity index (χ0n) is 40.7. The molecule has 0 N–H and O–H groups in total. The summed E-state index contributed by atoms with van der Waals surface area (Å²) in [6, 6.07) is 110. The van der Waals surface area contributed by atoms with Crippen molar-refractivity contribution >= 4 is 49.4 Å². The molecule has 13 aromatic carbocycles. The van der Waals surface area contributed by atoms with Gasteiger partial charge in [-0.2, -0.15) is 0 Å². The van der Waals surface area contributed by atoms with Gasteiger partial charge in [0, 0.05) is 22.2 Å². The van der Waals surface area contributed by atoms with E-state index in [1.54, 1.807) is 0 Å².